The van der Waals surface area contributed by atoms with Crippen molar-refractivity contribution in [1.29, 1.82) is 0 Å². The molecule has 0 fully saturated rings. The molecule has 6 heteroatoms. The number of carbonyl (C=O) groups excluding carboxylic acids is 1. The molecule has 0 aliphatic rings. The Morgan fingerprint density at radius 3 is 1.95 bits per heavy atom. The van der Waals surface area contributed by atoms with Gasteiger partial charge in [0.1, 0.15) is 5.78 Å². The smallest absolute Gasteiger partial charge is 0.301 e. The van der Waals surface area contributed by atoms with Crippen LogP contribution in [0.1, 0.15) is 59.8 Å². The molecule has 0 radical (unpaired) electrons. The quantitative estimate of drug-likeness (QED) is 0.382. The molecule has 0 bridgehead atoms. The molecule has 0 spiro atoms. The molecule has 1 atom stereocenters. The summed E-state index contributed by atoms with van der Waals surface area (Å²) in [5.74, 6) is 0.0726. The minimum atomic E-state index is -3.21. The van der Waals surface area contributed by atoms with Gasteiger partial charge >= 0.3 is 6.80 Å². The van der Waals surface area contributed by atoms with Gasteiger partial charge in [-0.05, 0) is 31.1 Å². The lowest BCUT2D eigenvalue weighted by Crippen LogP contribution is -2.12. The Labute approximate surface area is 121 Å². The van der Waals surface area contributed by atoms with Crippen molar-refractivity contribution < 1.29 is 18.4 Å². The Morgan fingerprint density at radius 2 is 1.58 bits per heavy atom. The number of ketones is 1. The Balaban J connectivity index is 4.46. The van der Waals surface area contributed by atoms with Crippen molar-refractivity contribution in [3.8, 4) is 0 Å². The highest BCUT2D eigenvalue weighted by atomic mass is 32.7. The van der Waals surface area contributed by atoms with E-state index in [-0.39, 0.29) is 11.0 Å². The van der Waals surface area contributed by atoms with Crippen molar-refractivity contribution in [3.05, 3.63) is 0 Å². The number of hydrogen-bond acceptors (Lipinski definition) is 5. The Bertz CT molecular complexity index is 282. The van der Waals surface area contributed by atoms with Gasteiger partial charge in [0.15, 0.2) is 0 Å². The minimum absolute atomic E-state index is 0.0726. The Morgan fingerprint density at radius 1 is 1.11 bits per heavy atom. The van der Waals surface area contributed by atoms with Gasteiger partial charge < -0.3 is 9.05 Å². The molecule has 1 unspecified atom stereocenters. The molecule has 0 heterocycles. The number of hydrogen-bond donors (Lipinski definition) is 0. The Hall–Kier alpha value is 0.170. The molecule has 19 heavy (non-hydrogen) atoms. The van der Waals surface area contributed by atoms with Gasteiger partial charge in [0, 0.05) is 6.42 Å². The Kier molecular flexibility index (Phi) is 11.0. The summed E-state index contributed by atoms with van der Waals surface area (Å²) < 4.78 is 23.4. The van der Waals surface area contributed by atoms with E-state index in [1.165, 1.54) is 0 Å². The fourth-order valence-corrected chi connectivity index (χ4v) is 5.18. The molecule has 4 nitrogen and oxygen atoms in total. The van der Waals surface area contributed by atoms with E-state index < -0.39 is 6.80 Å². The maximum Gasteiger partial charge on any atom is 0.389 e. The van der Waals surface area contributed by atoms with Crippen molar-refractivity contribution in [3.63, 3.8) is 0 Å². The summed E-state index contributed by atoms with van der Waals surface area (Å²) >= 11 is 1.04. The maximum atomic E-state index is 12.6. The molecule has 0 rings (SSSR count). The normalized spacial score (nSPS) is 13.5. The third-order valence-electron chi connectivity index (χ3n) is 2.58. The van der Waals surface area contributed by atoms with Crippen LogP contribution in [-0.2, 0) is 18.4 Å². The number of unbranched alkanes of at least 4 members (excludes halogenated alkanes) is 2. The van der Waals surface area contributed by atoms with Gasteiger partial charge in [-0.25, -0.2) is 4.57 Å². The molecule has 0 aliphatic carbocycles. The predicted molar refractivity (Wildman–Crippen MR) is 81.7 cm³/mol. The highest BCUT2D eigenvalue weighted by Gasteiger charge is 2.30. The largest absolute Gasteiger partial charge is 0.389 e. The zero-order valence-electron chi connectivity index (χ0n) is 12.5. The van der Waals surface area contributed by atoms with Crippen molar-refractivity contribution in [2.45, 2.75) is 65.0 Å². The van der Waals surface area contributed by atoms with Crippen LogP contribution in [0.4, 0.5) is 0 Å². The maximum absolute atomic E-state index is 12.6. The summed E-state index contributed by atoms with van der Waals surface area (Å²) in [6, 6.07) is 0. The van der Waals surface area contributed by atoms with Crippen LogP contribution >= 0.6 is 18.2 Å². The lowest BCUT2D eigenvalue weighted by molar-refractivity contribution is -0.117. The van der Waals surface area contributed by atoms with Crippen LogP contribution in [0.25, 0.3) is 0 Å². The van der Waals surface area contributed by atoms with Gasteiger partial charge in [-0.1, -0.05) is 33.6 Å². The summed E-state index contributed by atoms with van der Waals surface area (Å²) in [7, 11) is 0. The molecule has 114 valence electrons. The van der Waals surface area contributed by atoms with Crippen molar-refractivity contribution in [2.24, 2.45) is 0 Å². The van der Waals surface area contributed by atoms with E-state index in [0.29, 0.717) is 19.6 Å². The summed E-state index contributed by atoms with van der Waals surface area (Å²) in [4.78, 5) is 11.6. The molecular weight excluding hydrogens is 283 g/mol. The average molecular weight is 310 g/mol. The highest BCUT2D eigenvalue weighted by Crippen LogP contribution is 2.62. The first-order valence-corrected chi connectivity index (χ1v) is 10.1. The van der Waals surface area contributed by atoms with Crippen LogP contribution in [0.2, 0.25) is 0 Å². The van der Waals surface area contributed by atoms with Crippen molar-refractivity contribution in [1.82, 2.24) is 0 Å². The van der Waals surface area contributed by atoms with E-state index >= 15 is 0 Å². The number of Topliss-reactive ketones (excluding diaryl/α,β-unsaturated/α-hetero) is 1. The van der Waals surface area contributed by atoms with Crippen LogP contribution in [0, 0.1) is 0 Å². The van der Waals surface area contributed by atoms with Gasteiger partial charge in [0.25, 0.3) is 0 Å². The monoisotopic (exact) mass is 310 g/mol. The second-order valence-electron chi connectivity index (χ2n) is 4.39. The fourth-order valence-electron chi connectivity index (χ4n) is 1.28. The zero-order valence-corrected chi connectivity index (χ0v) is 14.2. The number of rotatable bonds is 12. The summed E-state index contributed by atoms with van der Waals surface area (Å²) in [5.41, 5.74) is 0. The molecule has 0 N–H and O–H groups in total. The fraction of sp³-hybridized carbons (Fsp3) is 0.923. The van der Waals surface area contributed by atoms with Crippen LogP contribution in [0.5, 0.6) is 0 Å². The molecule has 0 aromatic heterocycles. The highest BCUT2D eigenvalue weighted by molar-refractivity contribution is 8.55. The third kappa shape index (κ3) is 8.85. The molecule has 0 aromatic carbocycles. The molecule has 0 saturated heterocycles. The van der Waals surface area contributed by atoms with Crippen molar-refractivity contribution >= 4 is 24.0 Å². The van der Waals surface area contributed by atoms with E-state index in [0.717, 1.165) is 37.1 Å². The summed E-state index contributed by atoms with van der Waals surface area (Å²) in [6.07, 6.45) is 4.08. The van der Waals surface area contributed by atoms with Crippen LogP contribution < -0.4 is 0 Å². The van der Waals surface area contributed by atoms with E-state index in [9.17, 15) is 9.36 Å². The molecule has 0 amide bonds. The lowest BCUT2D eigenvalue weighted by atomic mass is 10.2. The molecular formula is C13H27O4PS. The van der Waals surface area contributed by atoms with Crippen LogP contribution in [0.3, 0.4) is 0 Å². The average Bonchev–Trinajstić information content (AvgIpc) is 2.38. The van der Waals surface area contributed by atoms with Gasteiger partial charge in [-0.3, -0.25) is 4.79 Å². The number of carbonyl (C=O) groups is 1. The second kappa shape index (κ2) is 10.9. The lowest BCUT2D eigenvalue weighted by Gasteiger charge is -2.20. The van der Waals surface area contributed by atoms with Gasteiger partial charge in [-0.15, -0.1) is 0 Å². The van der Waals surface area contributed by atoms with Crippen molar-refractivity contribution in [2.75, 3.05) is 13.2 Å². The first-order chi connectivity index (χ1) is 8.99. The van der Waals surface area contributed by atoms with E-state index in [1.54, 1.807) is 13.8 Å². The third-order valence-corrected chi connectivity index (χ3v) is 6.77. The molecule has 0 aliphatic heterocycles. The zero-order chi connectivity index (χ0) is 14.7. The predicted octanol–water partition coefficient (Wildman–Crippen LogP) is 4.83. The minimum Gasteiger partial charge on any atom is -0.301 e. The summed E-state index contributed by atoms with van der Waals surface area (Å²) in [5, 5.41) is -0.348. The standard InChI is InChI=1S/C13H27O4PS/c1-5-8-10-16-18(15,17-11-9-6-2)19-12(4)13(14)7-3/h12H,5-11H2,1-4H3. The first-order valence-electron chi connectivity index (χ1n) is 7.09. The molecule has 0 aromatic rings. The molecule has 0 saturated carbocycles. The van der Waals surface area contributed by atoms with Crippen LogP contribution in [0.15, 0.2) is 0 Å². The van der Waals surface area contributed by atoms with Gasteiger partial charge in [-0.2, -0.15) is 0 Å². The van der Waals surface area contributed by atoms with Crippen LogP contribution in [-0.4, -0.2) is 24.2 Å². The van der Waals surface area contributed by atoms with Gasteiger partial charge in [0.05, 0.1) is 18.5 Å². The van der Waals surface area contributed by atoms with Gasteiger partial charge in [0.2, 0.25) is 0 Å². The van der Waals surface area contributed by atoms with E-state index in [4.69, 9.17) is 9.05 Å². The first kappa shape index (κ1) is 19.2. The topological polar surface area (TPSA) is 52.6 Å². The summed E-state index contributed by atoms with van der Waals surface area (Å²) in [6.45, 7) is 5.28. The second-order valence-corrected chi connectivity index (χ2v) is 8.69. The van der Waals surface area contributed by atoms with E-state index in [2.05, 4.69) is 0 Å². The SMILES string of the molecule is CCCCOP(=O)(OCCCC)SC(C)C(=O)CC. The van der Waals surface area contributed by atoms with E-state index in [1.807, 2.05) is 13.8 Å².